The number of anilines is 4. The van der Waals surface area contributed by atoms with Gasteiger partial charge in [-0.2, -0.15) is 15.0 Å². The molecule has 0 amide bonds. The first-order valence-corrected chi connectivity index (χ1v) is 10.7. The van der Waals surface area contributed by atoms with Crippen molar-refractivity contribution in [2.75, 3.05) is 67.6 Å². The van der Waals surface area contributed by atoms with Crippen molar-refractivity contribution in [3.63, 3.8) is 0 Å². The van der Waals surface area contributed by atoms with Crippen molar-refractivity contribution in [1.29, 1.82) is 0 Å². The molecule has 0 unspecified atom stereocenters. The van der Waals surface area contributed by atoms with Crippen molar-refractivity contribution in [2.45, 2.75) is 0 Å². The number of phenols is 1. The fourth-order valence-corrected chi connectivity index (χ4v) is 3.22. The molecule has 2 fully saturated rings. The van der Waals surface area contributed by atoms with Crippen molar-refractivity contribution in [3.05, 3.63) is 36.4 Å². The molecule has 2 aliphatic rings. The van der Waals surface area contributed by atoms with Gasteiger partial charge < -0.3 is 45.3 Å². The normalized spacial score (nSPS) is 16.0. The number of carboxylic acid groups (broad SMARTS) is 2. The van der Waals surface area contributed by atoms with Gasteiger partial charge in [0.25, 0.3) is 0 Å². The summed E-state index contributed by atoms with van der Waals surface area (Å²) in [4.78, 5) is 37.3. The van der Waals surface area contributed by atoms with E-state index in [0.29, 0.717) is 43.2 Å². The molecule has 0 aliphatic carbocycles. The molecule has 0 radical (unpaired) electrons. The van der Waals surface area contributed by atoms with Crippen LogP contribution in [0.3, 0.4) is 0 Å². The Morgan fingerprint density at radius 1 is 0.971 bits per heavy atom. The number of carbonyl (C=O) groups is 2. The molecule has 0 spiro atoms. The molecule has 2 aromatic rings. The fourth-order valence-electron chi connectivity index (χ4n) is 3.22. The standard InChI is InChI=1S/C17H23N7O2.C4H4O4/c25-14-3-1-13(2-4-14)19-15-20-16(23-7-5-18-6-8-23)22-17(21-15)24-9-11-26-12-10-24;5-3(6)1-2-4(7)8/h1-4,18,25H,5-12H2,(H,19,20,21,22);1-2H,(H,5,6)(H,7,8)/b;2-1+. The Bertz CT molecular complexity index is 937. The lowest BCUT2D eigenvalue weighted by Crippen LogP contribution is -2.89. The molecular weight excluding hydrogens is 446 g/mol. The van der Waals surface area contributed by atoms with Crippen LogP contribution >= 0.6 is 0 Å². The second-order valence-electron chi connectivity index (χ2n) is 7.37. The van der Waals surface area contributed by atoms with Crippen molar-refractivity contribution < 1.29 is 35.0 Å². The summed E-state index contributed by atoms with van der Waals surface area (Å²) >= 11 is 0. The molecule has 1 aromatic heterocycles. The van der Waals surface area contributed by atoms with Gasteiger partial charge in [-0.05, 0) is 30.3 Å². The second-order valence-corrected chi connectivity index (χ2v) is 7.37. The molecule has 182 valence electrons. The molecule has 3 heterocycles. The first-order chi connectivity index (χ1) is 16.4. The molecule has 2 aliphatic heterocycles. The number of phenolic OH excluding ortho intramolecular Hbond substituents is 1. The van der Waals surface area contributed by atoms with E-state index in [9.17, 15) is 19.8 Å². The minimum Gasteiger partial charge on any atom is -0.545 e. The van der Waals surface area contributed by atoms with Crippen LogP contribution in [0.2, 0.25) is 0 Å². The fraction of sp³-hybridized carbons (Fsp3) is 0.381. The Labute approximate surface area is 195 Å². The third-order valence-electron chi connectivity index (χ3n) is 4.88. The number of nitrogens with one attached hydrogen (secondary N) is 1. The van der Waals surface area contributed by atoms with E-state index in [1.54, 1.807) is 24.3 Å². The predicted molar refractivity (Wildman–Crippen MR) is 120 cm³/mol. The smallest absolute Gasteiger partial charge is 0.328 e. The lowest BCUT2D eigenvalue weighted by molar-refractivity contribution is -0.655. The van der Waals surface area contributed by atoms with Gasteiger partial charge in [0.1, 0.15) is 5.75 Å². The van der Waals surface area contributed by atoms with Crippen LogP contribution in [-0.2, 0) is 14.3 Å². The molecule has 34 heavy (non-hydrogen) atoms. The number of carboxylic acids is 2. The third-order valence-corrected chi connectivity index (χ3v) is 4.88. The number of hydrogen-bond donors (Lipinski definition) is 4. The number of ether oxygens (including phenoxy) is 1. The van der Waals surface area contributed by atoms with Crippen molar-refractivity contribution >= 4 is 35.5 Å². The number of quaternary nitrogens is 1. The number of aliphatic carboxylic acids is 2. The summed E-state index contributed by atoms with van der Waals surface area (Å²) in [6.07, 6.45) is 0.942. The van der Waals surface area contributed by atoms with Crippen LogP contribution in [0.25, 0.3) is 0 Å². The van der Waals surface area contributed by atoms with Crippen molar-refractivity contribution in [1.82, 2.24) is 15.0 Å². The van der Waals surface area contributed by atoms with Crippen LogP contribution < -0.4 is 25.5 Å². The number of benzene rings is 1. The van der Waals surface area contributed by atoms with E-state index in [1.165, 1.54) is 0 Å². The summed E-state index contributed by atoms with van der Waals surface area (Å²) in [5.41, 5.74) is 0.819. The number of nitrogens with zero attached hydrogens (tertiary/aromatic N) is 5. The highest BCUT2D eigenvalue weighted by atomic mass is 16.5. The van der Waals surface area contributed by atoms with E-state index in [-0.39, 0.29) is 5.75 Å². The number of hydrogen-bond acceptors (Lipinski definition) is 11. The molecule has 4 rings (SSSR count). The molecule has 2 saturated heterocycles. The first kappa shape index (κ1) is 24.7. The van der Waals surface area contributed by atoms with Gasteiger partial charge in [0.05, 0.1) is 45.4 Å². The number of rotatable bonds is 6. The largest absolute Gasteiger partial charge is 0.545 e. The Hall–Kier alpha value is -3.97. The lowest BCUT2D eigenvalue weighted by atomic mass is 10.3. The van der Waals surface area contributed by atoms with Gasteiger partial charge in [-0.3, -0.25) is 0 Å². The zero-order valence-electron chi connectivity index (χ0n) is 18.5. The Morgan fingerprint density at radius 2 is 1.56 bits per heavy atom. The monoisotopic (exact) mass is 473 g/mol. The molecule has 0 saturated carbocycles. The van der Waals surface area contributed by atoms with Gasteiger partial charge >= 0.3 is 5.97 Å². The molecular formula is C21H27N7O6. The van der Waals surface area contributed by atoms with Gasteiger partial charge in [-0.25, -0.2) is 4.79 Å². The highest BCUT2D eigenvalue weighted by molar-refractivity contribution is 5.88. The van der Waals surface area contributed by atoms with Gasteiger partial charge in [-0.15, -0.1) is 0 Å². The van der Waals surface area contributed by atoms with Gasteiger partial charge in [0.15, 0.2) is 0 Å². The van der Waals surface area contributed by atoms with Crippen LogP contribution in [0.5, 0.6) is 5.75 Å². The lowest BCUT2D eigenvalue weighted by Gasteiger charge is -2.29. The van der Waals surface area contributed by atoms with E-state index >= 15 is 0 Å². The van der Waals surface area contributed by atoms with Crippen LogP contribution in [0.1, 0.15) is 0 Å². The van der Waals surface area contributed by atoms with E-state index in [4.69, 9.17) is 14.8 Å². The van der Waals surface area contributed by atoms with E-state index < -0.39 is 11.9 Å². The minimum absolute atomic E-state index is 0.227. The zero-order valence-corrected chi connectivity index (χ0v) is 18.5. The number of piperazine rings is 1. The average molecular weight is 473 g/mol. The molecule has 13 heteroatoms. The summed E-state index contributed by atoms with van der Waals surface area (Å²) in [5, 5.41) is 32.2. The quantitative estimate of drug-likeness (QED) is 0.266. The molecule has 0 bridgehead atoms. The summed E-state index contributed by atoms with van der Waals surface area (Å²) in [7, 11) is 0. The molecule has 5 N–H and O–H groups in total. The molecule has 13 nitrogen and oxygen atoms in total. The zero-order chi connectivity index (χ0) is 24.3. The van der Waals surface area contributed by atoms with Crippen LogP contribution in [0.15, 0.2) is 36.4 Å². The van der Waals surface area contributed by atoms with Gasteiger partial charge in [0.2, 0.25) is 17.8 Å². The number of aromatic hydroxyl groups is 1. The maximum Gasteiger partial charge on any atom is 0.328 e. The van der Waals surface area contributed by atoms with E-state index in [2.05, 4.69) is 30.4 Å². The van der Waals surface area contributed by atoms with Gasteiger partial charge in [0, 0.05) is 24.9 Å². The van der Waals surface area contributed by atoms with Crippen molar-refractivity contribution in [3.8, 4) is 5.75 Å². The second kappa shape index (κ2) is 12.3. The highest BCUT2D eigenvalue weighted by Gasteiger charge is 2.21. The number of nitrogens with two attached hydrogens (primary N) is 1. The Balaban J connectivity index is 0.000000350. The Morgan fingerprint density at radius 3 is 2.09 bits per heavy atom. The molecule has 0 atom stereocenters. The van der Waals surface area contributed by atoms with Crippen LogP contribution in [0.4, 0.5) is 23.5 Å². The van der Waals surface area contributed by atoms with Crippen LogP contribution in [-0.4, -0.2) is 89.6 Å². The Kier molecular flexibility index (Phi) is 8.94. The summed E-state index contributed by atoms with van der Waals surface area (Å²) in [6, 6.07) is 6.85. The third kappa shape index (κ3) is 7.86. The summed E-state index contributed by atoms with van der Waals surface area (Å²) < 4.78 is 5.44. The minimum atomic E-state index is -1.51. The first-order valence-electron chi connectivity index (χ1n) is 10.7. The number of carbonyl (C=O) groups excluding carboxylic acids is 1. The summed E-state index contributed by atoms with van der Waals surface area (Å²) in [6.45, 7) is 6.83. The number of aromatic nitrogens is 3. The maximum atomic E-state index is 9.53. The number of morpholine rings is 1. The SMILES string of the molecule is O=C([O-])/C=C/C(=O)O.Oc1ccc(Nc2nc(N3CC[NH2+]CC3)nc(N3CCOCC3)n2)cc1. The molecule has 1 aromatic carbocycles. The predicted octanol–water partition coefficient (Wildman–Crippen LogP) is -2.08. The van der Waals surface area contributed by atoms with Crippen molar-refractivity contribution in [2.24, 2.45) is 0 Å². The highest BCUT2D eigenvalue weighted by Crippen LogP contribution is 2.21. The van der Waals surface area contributed by atoms with E-state index in [0.717, 1.165) is 45.0 Å². The summed E-state index contributed by atoms with van der Waals surface area (Å²) in [5.74, 6) is -0.686. The average Bonchev–Trinajstić information content (AvgIpc) is 2.85. The topological polar surface area (TPSA) is 181 Å². The van der Waals surface area contributed by atoms with E-state index in [1.807, 2.05) is 0 Å². The van der Waals surface area contributed by atoms with Crippen LogP contribution in [0, 0.1) is 0 Å². The van der Waals surface area contributed by atoms with Gasteiger partial charge in [-0.1, -0.05) is 0 Å². The maximum absolute atomic E-state index is 9.53.